The summed E-state index contributed by atoms with van der Waals surface area (Å²) in [4.78, 5) is 38.8. The minimum Gasteiger partial charge on any atom is -0.490 e. The van der Waals surface area contributed by atoms with Crippen molar-refractivity contribution >= 4 is 74.8 Å². The Morgan fingerprint density at radius 1 is 1.18 bits per heavy atom. The van der Waals surface area contributed by atoms with Crippen molar-refractivity contribution in [3.63, 3.8) is 0 Å². The standard InChI is InChI=1S/C23H22ClIN2O5S/c1-4-31-18-9-14(8-17(25)21(18)32-5-2)10-19-22(29)27(23(30)33-19)12-20(28)26-15-7-6-13(3)16(24)11-15/h6-11H,4-5,12H2,1-3H3,(H,26,28)/b19-10+. The second-order valence-electron chi connectivity index (χ2n) is 6.98. The number of rotatable bonds is 8. The summed E-state index contributed by atoms with van der Waals surface area (Å²) in [6, 6.07) is 8.70. The molecule has 1 heterocycles. The minimum atomic E-state index is -0.524. The van der Waals surface area contributed by atoms with Crippen LogP contribution >= 0.6 is 46.0 Å². The highest BCUT2D eigenvalue weighted by Crippen LogP contribution is 2.37. The number of halogens is 2. The van der Waals surface area contributed by atoms with E-state index in [2.05, 4.69) is 27.9 Å². The van der Waals surface area contributed by atoms with Gasteiger partial charge in [-0.2, -0.15) is 0 Å². The summed E-state index contributed by atoms with van der Waals surface area (Å²) in [6.07, 6.45) is 1.61. The third-order valence-corrected chi connectivity index (χ3v) is 6.66. The third kappa shape index (κ3) is 6.21. The van der Waals surface area contributed by atoms with E-state index in [1.54, 1.807) is 30.3 Å². The Kier molecular flexibility index (Phi) is 8.66. The van der Waals surface area contributed by atoms with Crippen LogP contribution in [0.3, 0.4) is 0 Å². The molecule has 1 N–H and O–H groups in total. The number of imide groups is 1. The molecule has 174 valence electrons. The van der Waals surface area contributed by atoms with Gasteiger partial charge in [0.15, 0.2) is 11.5 Å². The maximum Gasteiger partial charge on any atom is 0.294 e. The van der Waals surface area contributed by atoms with Gasteiger partial charge in [-0.3, -0.25) is 19.3 Å². The molecule has 0 unspecified atom stereocenters. The van der Waals surface area contributed by atoms with Gasteiger partial charge in [0.05, 0.1) is 21.7 Å². The summed E-state index contributed by atoms with van der Waals surface area (Å²) < 4.78 is 12.2. The number of hydrogen-bond acceptors (Lipinski definition) is 6. The molecule has 0 bridgehead atoms. The minimum absolute atomic E-state index is 0.230. The van der Waals surface area contributed by atoms with Gasteiger partial charge >= 0.3 is 0 Å². The monoisotopic (exact) mass is 600 g/mol. The fourth-order valence-corrected chi connectivity index (χ4v) is 4.82. The molecule has 10 heteroatoms. The maximum absolute atomic E-state index is 12.8. The second-order valence-corrected chi connectivity index (χ2v) is 9.54. The van der Waals surface area contributed by atoms with E-state index < -0.39 is 23.6 Å². The van der Waals surface area contributed by atoms with Crippen LogP contribution in [-0.4, -0.2) is 41.7 Å². The Morgan fingerprint density at radius 3 is 2.58 bits per heavy atom. The van der Waals surface area contributed by atoms with Crippen LogP contribution in [0.15, 0.2) is 35.2 Å². The van der Waals surface area contributed by atoms with E-state index in [4.69, 9.17) is 21.1 Å². The van der Waals surface area contributed by atoms with Crippen LogP contribution in [0.2, 0.25) is 5.02 Å². The molecule has 2 aromatic carbocycles. The predicted octanol–water partition coefficient (Wildman–Crippen LogP) is 5.73. The van der Waals surface area contributed by atoms with Crippen LogP contribution in [0.5, 0.6) is 11.5 Å². The Morgan fingerprint density at radius 2 is 1.91 bits per heavy atom. The quantitative estimate of drug-likeness (QED) is 0.308. The van der Waals surface area contributed by atoms with Crippen LogP contribution in [0.1, 0.15) is 25.0 Å². The molecular formula is C23H22ClIN2O5S. The number of ether oxygens (including phenoxy) is 2. The number of anilines is 1. The Bertz CT molecular complexity index is 1140. The lowest BCUT2D eigenvalue weighted by atomic mass is 10.2. The molecule has 1 saturated heterocycles. The van der Waals surface area contributed by atoms with Crippen molar-refractivity contribution in [3.8, 4) is 11.5 Å². The van der Waals surface area contributed by atoms with Crippen molar-refractivity contribution in [2.24, 2.45) is 0 Å². The molecule has 0 atom stereocenters. The first kappa shape index (κ1) is 25.4. The van der Waals surface area contributed by atoms with E-state index in [1.165, 1.54) is 0 Å². The van der Waals surface area contributed by atoms with Gasteiger partial charge in [0.1, 0.15) is 6.54 Å². The van der Waals surface area contributed by atoms with Gasteiger partial charge in [0.25, 0.3) is 11.1 Å². The SMILES string of the molecule is CCOc1cc(/C=C2/SC(=O)N(CC(=O)Nc3ccc(C)c(Cl)c3)C2=O)cc(I)c1OCC. The van der Waals surface area contributed by atoms with Crippen LogP contribution in [0, 0.1) is 10.5 Å². The number of aryl methyl sites for hydroxylation is 1. The average molecular weight is 601 g/mol. The van der Waals surface area contributed by atoms with Crippen LogP contribution in [-0.2, 0) is 9.59 Å². The van der Waals surface area contributed by atoms with Gasteiger partial charge in [-0.15, -0.1) is 0 Å². The van der Waals surface area contributed by atoms with Gasteiger partial charge in [0.2, 0.25) is 5.91 Å². The summed E-state index contributed by atoms with van der Waals surface area (Å²) in [5, 5.41) is 2.67. The zero-order valence-electron chi connectivity index (χ0n) is 18.2. The molecular weight excluding hydrogens is 579 g/mol. The Hall–Kier alpha value is -2.24. The normalized spacial score (nSPS) is 14.7. The highest BCUT2D eigenvalue weighted by molar-refractivity contribution is 14.1. The molecule has 2 aromatic rings. The van der Waals surface area contributed by atoms with Gasteiger partial charge in [-0.05, 0) is 96.6 Å². The first-order valence-electron chi connectivity index (χ1n) is 10.1. The lowest BCUT2D eigenvalue weighted by molar-refractivity contribution is -0.127. The van der Waals surface area contributed by atoms with Gasteiger partial charge in [0, 0.05) is 10.7 Å². The van der Waals surface area contributed by atoms with Gasteiger partial charge in [-0.1, -0.05) is 17.7 Å². The molecule has 0 spiro atoms. The molecule has 7 nitrogen and oxygen atoms in total. The fourth-order valence-electron chi connectivity index (χ4n) is 3.02. The number of nitrogens with zero attached hydrogens (tertiary/aromatic N) is 1. The zero-order chi connectivity index (χ0) is 24.1. The molecule has 3 amide bonds. The smallest absolute Gasteiger partial charge is 0.294 e. The molecule has 0 aromatic heterocycles. The number of benzene rings is 2. The van der Waals surface area contributed by atoms with Crippen LogP contribution < -0.4 is 14.8 Å². The molecule has 33 heavy (non-hydrogen) atoms. The van der Waals surface area contributed by atoms with Crippen molar-refractivity contribution < 1.29 is 23.9 Å². The summed E-state index contributed by atoms with van der Waals surface area (Å²) in [7, 11) is 0. The van der Waals surface area contributed by atoms with E-state index in [9.17, 15) is 14.4 Å². The Balaban J connectivity index is 1.76. The number of carbonyl (C=O) groups excluding carboxylic acids is 3. The van der Waals surface area contributed by atoms with E-state index >= 15 is 0 Å². The zero-order valence-corrected chi connectivity index (χ0v) is 22.0. The lowest BCUT2D eigenvalue weighted by Gasteiger charge is -2.14. The van der Waals surface area contributed by atoms with E-state index in [0.29, 0.717) is 41.0 Å². The number of carbonyl (C=O) groups is 3. The first-order valence-corrected chi connectivity index (χ1v) is 12.4. The number of nitrogens with one attached hydrogen (secondary N) is 1. The summed E-state index contributed by atoms with van der Waals surface area (Å²) in [5.41, 5.74) is 2.06. The van der Waals surface area contributed by atoms with E-state index in [-0.39, 0.29) is 4.91 Å². The van der Waals surface area contributed by atoms with Crippen molar-refractivity contribution in [2.45, 2.75) is 20.8 Å². The lowest BCUT2D eigenvalue weighted by Crippen LogP contribution is -2.36. The molecule has 1 aliphatic heterocycles. The number of thioether (sulfide) groups is 1. The second kappa shape index (κ2) is 11.3. The van der Waals surface area contributed by atoms with Crippen molar-refractivity contribution in [1.29, 1.82) is 0 Å². The number of hydrogen-bond donors (Lipinski definition) is 1. The topological polar surface area (TPSA) is 84.9 Å². The maximum atomic E-state index is 12.8. The highest BCUT2D eigenvalue weighted by atomic mass is 127. The van der Waals surface area contributed by atoms with Crippen molar-refractivity contribution in [3.05, 3.63) is 55.0 Å². The van der Waals surface area contributed by atoms with Crippen molar-refractivity contribution in [2.75, 3.05) is 25.1 Å². The summed E-state index contributed by atoms with van der Waals surface area (Å²) >= 11 is 9.01. The largest absolute Gasteiger partial charge is 0.490 e. The van der Waals surface area contributed by atoms with Crippen LogP contribution in [0.25, 0.3) is 6.08 Å². The Labute approximate surface area is 215 Å². The van der Waals surface area contributed by atoms with E-state index in [1.807, 2.05) is 26.8 Å². The summed E-state index contributed by atoms with van der Waals surface area (Å²) in [5.74, 6) is 0.183. The van der Waals surface area contributed by atoms with Gasteiger partial charge in [-0.25, -0.2) is 0 Å². The molecule has 3 rings (SSSR count). The van der Waals surface area contributed by atoms with Crippen LogP contribution in [0.4, 0.5) is 10.5 Å². The van der Waals surface area contributed by atoms with E-state index in [0.717, 1.165) is 25.8 Å². The molecule has 0 saturated carbocycles. The molecule has 0 radical (unpaired) electrons. The van der Waals surface area contributed by atoms with Crippen molar-refractivity contribution in [1.82, 2.24) is 4.90 Å². The predicted molar refractivity (Wildman–Crippen MR) is 139 cm³/mol. The average Bonchev–Trinajstić information content (AvgIpc) is 3.01. The third-order valence-electron chi connectivity index (χ3n) is 4.55. The highest BCUT2D eigenvalue weighted by Gasteiger charge is 2.36. The molecule has 0 aliphatic carbocycles. The first-order chi connectivity index (χ1) is 15.7. The van der Waals surface area contributed by atoms with Gasteiger partial charge < -0.3 is 14.8 Å². The fraction of sp³-hybridized carbons (Fsp3) is 0.261. The molecule has 1 aliphatic rings. The molecule has 1 fully saturated rings. The number of amides is 3. The summed E-state index contributed by atoms with van der Waals surface area (Å²) in [6.45, 7) is 6.17.